The third-order valence-corrected chi connectivity index (χ3v) is 5.85. The molecule has 4 aromatic rings. The number of imidazole rings is 1. The molecule has 0 aliphatic heterocycles. The topological polar surface area (TPSA) is 113 Å². The van der Waals surface area contributed by atoms with Gasteiger partial charge < -0.3 is 25.8 Å². The van der Waals surface area contributed by atoms with Gasteiger partial charge in [0.05, 0.1) is 36.0 Å². The molecule has 0 atom stereocenters. The van der Waals surface area contributed by atoms with E-state index in [0.29, 0.717) is 41.6 Å². The molecule has 0 spiro atoms. The van der Waals surface area contributed by atoms with E-state index in [1.807, 2.05) is 62.4 Å². The number of aryl methyl sites for hydroxylation is 1. The van der Waals surface area contributed by atoms with Crippen molar-refractivity contribution in [2.45, 2.75) is 39.7 Å². The Kier molecular flexibility index (Phi) is 7.63. The van der Waals surface area contributed by atoms with Gasteiger partial charge in [0.2, 0.25) is 0 Å². The number of aromatic nitrogens is 3. The van der Waals surface area contributed by atoms with Crippen LogP contribution < -0.4 is 20.7 Å². The maximum atomic E-state index is 12.5. The minimum absolute atomic E-state index is 0.0800. The number of nitrogens with one attached hydrogen (secondary N) is 3. The standard InChI is InChI=1S/C28H34N6O3/c1-6-13-29-27(35)20-12-11-19(14-18(20)2)23-16-30-26-22(31-17-28(3,4)36)15-25(33-34(23)26)32-21-9-7-8-10-24(21)37-5/h7-12,14-16,31,36H,6,13,17H2,1-5H3,(H,29,35)(H,32,33). The summed E-state index contributed by atoms with van der Waals surface area (Å²) in [5, 5.41) is 24.7. The quantitative estimate of drug-likeness (QED) is 0.247. The summed E-state index contributed by atoms with van der Waals surface area (Å²) in [5.41, 5.74) is 4.35. The minimum Gasteiger partial charge on any atom is -0.495 e. The Bertz CT molecular complexity index is 1410. The molecule has 2 aromatic carbocycles. The van der Waals surface area contributed by atoms with Crippen LogP contribution in [0.5, 0.6) is 5.75 Å². The zero-order valence-corrected chi connectivity index (χ0v) is 21.9. The molecule has 2 heterocycles. The van der Waals surface area contributed by atoms with Gasteiger partial charge in [0.1, 0.15) is 5.75 Å². The molecular formula is C28H34N6O3. The Labute approximate surface area is 216 Å². The molecule has 0 saturated carbocycles. The number of para-hydroxylation sites is 2. The monoisotopic (exact) mass is 502 g/mol. The molecule has 0 bridgehead atoms. The third kappa shape index (κ3) is 6.00. The summed E-state index contributed by atoms with van der Waals surface area (Å²) >= 11 is 0. The van der Waals surface area contributed by atoms with E-state index in [0.717, 1.165) is 28.9 Å². The lowest BCUT2D eigenvalue weighted by molar-refractivity contribution is 0.0941. The fourth-order valence-corrected chi connectivity index (χ4v) is 3.97. The van der Waals surface area contributed by atoms with Gasteiger partial charge in [-0.1, -0.05) is 25.1 Å². The summed E-state index contributed by atoms with van der Waals surface area (Å²) in [6.45, 7) is 8.39. The van der Waals surface area contributed by atoms with Crippen molar-refractivity contribution in [3.05, 3.63) is 65.9 Å². The van der Waals surface area contributed by atoms with E-state index in [4.69, 9.17) is 9.84 Å². The van der Waals surface area contributed by atoms with Crippen LogP contribution in [0.15, 0.2) is 54.7 Å². The Hall–Kier alpha value is -4.11. The van der Waals surface area contributed by atoms with Crippen LogP contribution in [0, 0.1) is 6.92 Å². The first-order valence-electron chi connectivity index (χ1n) is 12.3. The molecule has 4 rings (SSSR count). The first-order chi connectivity index (χ1) is 17.7. The molecule has 0 radical (unpaired) electrons. The lowest BCUT2D eigenvalue weighted by atomic mass is 10.0. The number of rotatable bonds is 10. The van der Waals surface area contributed by atoms with Crippen molar-refractivity contribution >= 4 is 28.7 Å². The van der Waals surface area contributed by atoms with Crippen molar-refractivity contribution in [3.8, 4) is 17.0 Å². The molecule has 194 valence electrons. The van der Waals surface area contributed by atoms with Crippen molar-refractivity contribution < 1.29 is 14.6 Å². The molecule has 1 amide bonds. The van der Waals surface area contributed by atoms with E-state index >= 15 is 0 Å². The van der Waals surface area contributed by atoms with Crippen LogP contribution in [0.4, 0.5) is 17.2 Å². The summed E-state index contributed by atoms with van der Waals surface area (Å²) < 4.78 is 7.24. The molecule has 9 nitrogen and oxygen atoms in total. The molecule has 0 aliphatic carbocycles. The number of carbonyl (C=O) groups excluding carboxylic acids is 1. The minimum atomic E-state index is -0.919. The average molecular weight is 503 g/mol. The molecule has 4 N–H and O–H groups in total. The zero-order chi connectivity index (χ0) is 26.6. The number of methoxy groups -OCH3 is 1. The van der Waals surface area contributed by atoms with E-state index in [2.05, 4.69) is 20.9 Å². The van der Waals surface area contributed by atoms with Gasteiger partial charge in [-0.15, -0.1) is 5.10 Å². The third-order valence-electron chi connectivity index (χ3n) is 5.85. The molecular weight excluding hydrogens is 468 g/mol. The molecule has 2 aromatic heterocycles. The SMILES string of the molecule is CCCNC(=O)c1ccc(-c2cnc3c(NCC(C)(C)O)cc(Nc4ccccc4OC)nn23)cc1C. The second-order valence-corrected chi connectivity index (χ2v) is 9.60. The lowest BCUT2D eigenvalue weighted by Gasteiger charge is -2.19. The van der Waals surface area contributed by atoms with Crippen LogP contribution in [0.3, 0.4) is 0 Å². The van der Waals surface area contributed by atoms with Gasteiger partial charge in [-0.05, 0) is 57.0 Å². The van der Waals surface area contributed by atoms with Crippen LogP contribution >= 0.6 is 0 Å². The summed E-state index contributed by atoms with van der Waals surface area (Å²) in [5.74, 6) is 1.18. The van der Waals surface area contributed by atoms with Crippen molar-refractivity contribution in [2.75, 3.05) is 30.8 Å². The summed E-state index contributed by atoms with van der Waals surface area (Å²) in [7, 11) is 1.62. The van der Waals surface area contributed by atoms with E-state index in [1.54, 1.807) is 31.7 Å². The number of fused-ring (bicyclic) bond motifs is 1. The number of ether oxygens (including phenoxy) is 1. The molecule has 0 fully saturated rings. The number of anilines is 3. The Morgan fingerprint density at radius 1 is 1.14 bits per heavy atom. The van der Waals surface area contributed by atoms with E-state index < -0.39 is 5.60 Å². The highest BCUT2D eigenvalue weighted by atomic mass is 16.5. The number of amides is 1. The van der Waals surface area contributed by atoms with Crippen molar-refractivity contribution in [1.29, 1.82) is 0 Å². The van der Waals surface area contributed by atoms with Crippen LogP contribution in [0.25, 0.3) is 16.9 Å². The first kappa shape index (κ1) is 26.0. The lowest BCUT2D eigenvalue weighted by Crippen LogP contribution is -2.29. The Balaban J connectivity index is 1.77. The molecule has 0 aliphatic rings. The number of nitrogens with zero attached hydrogens (tertiary/aromatic N) is 3. The summed E-state index contributed by atoms with van der Waals surface area (Å²) in [6, 6.07) is 15.2. The highest BCUT2D eigenvalue weighted by molar-refractivity contribution is 5.96. The van der Waals surface area contributed by atoms with E-state index in [1.165, 1.54) is 0 Å². The maximum absolute atomic E-state index is 12.5. The highest BCUT2D eigenvalue weighted by Crippen LogP contribution is 2.31. The largest absolute Gasteiger partial charge is 0.495 e. The molecule has 9 heteroatoms. The van der Waals surface area contributed by atoms with Crippen molar-refractivity contribution in [2.24, 2.45) is 0 Å². The van der Waals surface area contributed by atoms with Gasteiger partial charge in [-0.3, -0.25) is 4.79 Å². The summed E-state index contributed by atoms with van der Waals surface area (Å²) in [4.78, 5) is 17.1. The second kappa shape index (κ2) is 10.9. The van der Waals surface area contributed by atoms with Crippen molar-refractivity contribution in [1.82, 2.24) is 19.9 Å². The number of hydrogen-bond donors (Lipinski definition) is 4. The van der Waals surface area contributed by atoms with Gasteiger partial charge >= 0.3 is 0 Å². The number of aliphatic hydroxyl groups is 1. The predicted molar refractivity (Wildman–Crippen MR) is 147 cm³/mol. The van der Waals surface area contributed by atoms with Gasteiger partial charge in [-0.25, -0.2) is 9.50 Å². The van der Waals surface area contributed by atoms with Crippen LogP contribution in [-0.4, -0.2) is 51.4 Å². The van der Waals surface area contributed by atoms with Crippen LogP contribution in [0.1, 0.15) is 43.1 Å². The van der Waals surface area contributed by atoms with Gasteiger partial charge in [0, 0.05) is 30.3 Å². The van der Waals surface area contributed by atoms with Gasteiger partial charge in [0.25, 0.3) is 5.91 Å². The Morgan fingerprint density at radius 3 is 2.62 bits per heavy atom. The number of benzene rings is 2. The maximum Gasteiger partial charge on any atom is 0.251 e. The van der Waals surface area contributed by atoms with Crippen molar-refractivity contribution in [3.63, 3.8) is 0 Å². The normalized spacial score (nSPS) is 11.4. The average Bonchev–Trinajstić information content (AvgIpc) is 3.29. The summed E-state index contributed by atoms with van der Waals surface area (Å²) in [6.07, 6.45) is 2.64. The number of hydrogen-bond acceptors (Lipinski definition) is 7. The number of carbonyl (C=O) groups is 1. The molecule has 37 heavy (non-hydrogen) atoms. The second-order valence-electron chi connectivity index (χ2n) is 9.60. The van der Waals surface area contributed by atoms with E-state index in [9.17, 15) is 9.90 Å². The van der Waals surface area contributed by atoms with Crippen LogP contribution in [-0.2, 0) is 0 Å². The fraction of sp³-hybridized carbons (Fsp3) is 0.321. The molecule has 0 unspecified atom stereocenters. The fourth-order valence-electron chi connectivity index (χ4n) is 3.97. The van der Waals surface area contributed by atoms with Gasteiger partial charge in [0.15, 0.2) is 11.5 Å². The smallest absolute Gasteiger partial charge is 0.251 e. The molecule has 0 saturated heterocycles. The zero-order valence-electron chi connectivity index (χ0n) is 21.9. The Morgan fingerprint density at radius 2 is 1.92 bits per heavy atom. The van der Waals surface area contributed by atoms with Gasteiger partial charge in [-0.2, -0.15) is 0 Å². The van der Waals surface area contributed by atoms with E-state index in [-0.39, 0.29) is 5.91 Å². The van der Waals surface area contributed by atoms with Crippen LogP contribution in [0.2, 0.25) is 0 Å². The first-order valence-corrected chi connectivity index (χ1v) is 12.3. The predicted octanol–water partition coefficient (Wildman–Crippen LogP) is 4.78. The highest BCUT2D eigenvalue weighted by Gasteiger charge is 2.18.